The molecule has 0 aromatic heterocycles. The summed E-state index contributed by atoms with van der Waals surface area (Å²) in [7, 11) is 0. The number of nitrogens with one attached hydrogen (secondary N) is 1. The van der Waals surface area contributed by atoms with E-state index in [2.05, 4.69) is 24.4 Å². The largest absolute Gasteiger partial charge is 0.334 e. The summed E-state index contributed by atoms with van der Waals surface area (Å²) in [4.78, 5) is 14.7. The lowest BCUT2D eigenvalue weighted by atomic mass is 10.1. The van der Waals surface area contributed by atoms with Gasteiger partial charge in [-0.1, -0.05) is 54.1 Å². The van der Waals surface area contributed by atoms with Crippen molar-refractivity contribution in [3.05, 3.63) is 70.7 Å². The number of carbonyl (C=O) groups is 1. The zero-order chi connectivity index (χ0) is 16.9. The van der Waals surface area contributed by atoms with Crippen molar-refractivity contribution in [2.75, 3.05) is 6.54 Å². The van der Waals surface area contributed by atoms with Crippen LogP contribution in [0.25, 0.3) is 0 Å². The van der Waals surface area contributed by atoms with Crippen molar-refractivity contribution in [1.29, 1.82) is 0 Å². The zero-order valence-corrected chi connectivity index (χ0v) is 14.7. The molecule has 1 atom stereocenters. The molecule has 0 radical (unpaired) electrons. The highest BCUT2D eigenvalue weighted by molar-refractivity contribution is 6.30. The average Bonchev–Trinajstić information content (AvgIpc) is 3.44. The molecule has 24 heavy (non-hydrogen) atoms. The molecule has 4 heteroatoms. The lowest BCUT2D eigenvalue weighted by molar-refractivity contribution is -0.131. The molecular formula is C20H23ClN2O. The van der Waals surface area contributed by atoms with Gasteiger partial charge < -0.3 is 10.2 Å². The molecule has 1 amide bonds. The molecule has 126 valence electrons. The number of hydrogen-bond donors (Lipinski definition) is 1. The maximum absolute atomic E-state index is 12.7. The quantitative estimate of drug-likeness (QED) is 0.818. The van der Waals surface area contributed by atoms with E-state index >= 15 is 0 Å². The minimum Gasteiger partial charge on any atom is -0.334 e. The van der Waals surface area contributed by atoms with Crippen molar-refractivity contribution in [3.8, 4) is 0 Å². The van der Waals surface area contributed by atoms with Crippen molar-refractivity contribution in [1.82, 2.24) is 10.2 Å². The van der Waals surface area contributed by atoms with Gasteiger partial charge in [-0.25, -0.2) is 0 Å². The minimum atomic E-state index is 0.115. The molecule has 0 bridgehead atoms. The molecule has 1 saturated carbocycles. The van der Waals surface area contributed by atoms with Crippen molar-refractivity contribution in [3.63, 3.8) is 0 Å². The van der Waals surface area contributed by atoms with Crippen LogP contribution in [0.15, 0.2) is 54.6 Å². The van der Waals surface area contributed by atoms with Gasteiger partial charge in [0.25, 0.3) is 0 Å². The van der Waals surface area contributed by atoms with E-state index in [0.717, 1.165) is 23.4 Å². The Morgan fingerprint density at radius 3 is 2.46 bits per heavy atom. The van der Waals surface area contributed by atoms with Crippen molar-refractivity contribution >= 4 is 17.5 Å². The molecule has 1 aliphatic rings. The number of carbonyl (C=O) groups excluding carboxylic acids is 1. The van der Waals surface area contributed by atoms with Crippen molar-refractivity contribution in [2.45, 2.75) is 38.4 Å². The Morgan fingerprint density at radius 1 is 1.17 bits per heavy atom. The van der Waals surface area contributed by atoms with Crippen LogP contribution < -0.4 is 5.32 Å². The topological polar surface area (TPSA) is 32.3 Å². The van der Waals surface area contributed by atoms with E-state index in [1.54, 1.807) is 0 Å². The molecule has 1 N–H and O–H groups in total. The number of hydrogen-bond acceptors (Lipinski definition) is 2. The van der Waals surface area contributed by atoms with E-state index in [4.69, 9.17) is 11.6 Å². The first-order valence-corrected chi connectivity index (χ1v) is 8.83. The van der Waals surface area contributed by atoms with E-state index in [9.17, 15) is 4.79 Å². The fourth-order valence-electron chi connectivity index (χ4n) is 2.80. The van der Waals surface area contributed by atoms with Crippen LogP contribution in [0.2, 0.25) is 5.02 Å². The third kappa shape index (κ3) is 4.59. The Labute approximate surface area is 148 Å². The number of nitrogens with zero attached hydrogens (tertiary/aromatic N) is 1. The molecule has 3 nitrogen and oxygen atoms in total. The maximum Gasteiger partial charge on any atom is 0.237 e. The molecular weight excluding hydrogens is 320 g/mol. The summed E-state index contributed by atoms with van der Waals surface area (Å²) in [6.45, 7) is 3.11. The second-order valence-corrected chi connectivity index (χ2v) is 6.83. The SMILES string of the molecule is CC(NCC(=O)N(Cc1ccccc1)C1CC1)c1ccc(Cl)cc1. The van der Waals surface area contributed by atoms with Gasteiger partial charge in [-0.3, -0.25) is 4.79 Å². The predicted octanol–water partition coefficient (Wildman–Crippen LogP) is 4.18. The zero-order valence-electron chi connectivity index (χ0n) is 13.9. The summed E-state index contributed by atoms with van der Waals surface area (Å²) in [6.07, 6.45) is 2.23. The van der Waals surface area contributed by atoms with Crippen LogP contribution in [-0.2, 0) is 11.3 Å². The molecule has 3 rings (SSSR count). The van der Waals surface area contributed by atoms with E-state index < -0.39 is 0 Å². The monoisotopic (exact) mass is 342 g/mol. The van der Waals surface area contributed by atoms with Crippen LogP contribution >= 0.6 is 11.6 Å². The second-order valence-electron chi connectivity index (χ2n) is 6.39. The van der Waals surface area contributed by atoms with Crippen LogP contribution in [0.4, 0.5) is 0 Å². The van der Waals surface area contributed by atoms with Gasteiger partial charge in [-0.2, -0.15) is 0 Å². The lowest BCUT2D eigenvalue weighted by Crippen LogP contribution is -2.39. The summed E-state index contributed by atoms with van der Waals surface area (Å²) in [6, 6.07) is 18.5. The summed E-state index contributed by atoms with van der Waals surface area (Å²) in [5.41, 5.74) is 2.32. The number of halogens is 1. The first-order valence-electron chi connectivity index (χ1n) is 8.46. The van der Waals surface area contributed by atoms with Gasteiger partial charge in [0.1, 0.15) is 0 Å². The Bertz CT molecular complexity index is 668. The van der Waals surface area contributed by atoms with Gasteiger partial charge in [-0.05, 0) is 43.0 Å². The molecule has 1 fully saturated rings. The molecule has 0 aliphatic heterocycles. The maximum atomic E-state index is 12.7. The van der Waals surface area contributed by atoms with Gasteiger partial charge in [-0.15, -0.1) is 0 Å². The first-order chi connectivity index (χ1) is 11.6. The molecule has 0 spiro atoms. The van der Waals surface area contributed by atoms with Crippen LogP contribution in [0.1, 0.15) is 36.9 Å². The number of amides is 1. The minimum absolute atomic E-state index is 0.115. The van der Waals surface area contributed by atoms with Crippen LogP contribution in [0.5, 0.6) is 0 Å². The van der Waals surface area contributed by atoms with Crippen LogP contribution in [0.3, 0.4) is 0 Å². The molecule has 2 aromatic rings. The second kappa shape index (κ2) is 7.82. The van der Waals surface area contributed by atoms with Crippen LogP contribution in [0, 0.1) is 0 Å². The number of rotatable bonds is 7. The highest BCUT2D eigenvalue weighted by Crippen LogP contribution is 2.28. The lowest BCUT2D eigenvalue weighted by Gasteiger charge is -2.24. The average molecular weight is 343 g/mol. The van der Waals surface area contributed by atoms with Crippen molar-refractivity contribution in [2.24, 2.45) is 0 Å². The standard InChI is InChI=1S/C20H23ClN2O/c1-15(17-7-9-18(21)10-8-17)22-13-20(24)23(19-11-12-19)14-16-5-3-2-4-6-16/h2-10,15,19,22H,11-14H2,1H3. The Kier molecular flexibility index (Phi) is 5.54. The Morgan fingerprint density at radius 2 is 1.83 bits per heavy atom. The van der Waals surface area contributed by atoms with Crippen LogP contribution in [-0.4, -0.2) is 23.4 Å². The Hall–Kier alpha value is -1.84. The molecule has 0 heterocycles. The van der Waals surface area contributed by atoms with E-state index in [0.29, 0.717) is 19.1 Å². The fraction of sp³-hybridized carbons (Fsp3) is 0.350. The van der Waals surface area contributed by atoms with E-state index in [-0.39, 0.29) is 11.9 Å². The predicted molar refractivity (Wildman–Crippen MR) is 97.9 cm³/mol. The van der Waals surface area contributed by atoms with Gasteiger partial charge in [0.05, 0.1) is 6.54 Å². The van der Waals surface area contributed by atoms with E-state index in [1.807, 2.05) is 47.4 Å². The van der Waals surface area contributed by atoms with E-state index in [1.165, 1.54) is 5.56 Å². The molecule has 1 aliphatic carbocycles. The third-order valence-electron chi connectivity index (χ3n) is 4.43. The Balaban J connectivity index is 1.56. The molecule has 1 unspecified atom stereocenters. The van der Waals surface area contributed by atoms with Gasteiger partial charge in [0.2, 0.25) is 5.91 Å². The molecule has 0 saturated heterocycles. The smallest absolute Gasteiger partial charge is 0.237 e. The highest BCUT2D eigenvalue weighted by Gasteiger charge is 2.32. The third-order valence-corrected chi connectivity index (χ3v) is 4.69. The molecule has 2 aromatic carbocycles. The first kappa shape index (κ1) is 17.0. The van der Waals surface area contributed by atoms with Gasteiger partial charge in [0, 0.05) is 23.7 Å². The number of benzene rings is 2. The summed E-state index contributed by atoms with van der Waals surface area (Å²) in [5.74, 6) is 0.169. The summed E-state index contributed by atoms with van der Waals surface area (Å²) >= 11 is 5.92. The van der Waals surface area contributed by atoms with Gasteiger partial charge in [0.15, 0.2) is 0 Å². The van der Waals surface area contributed by atoms with Gasteiger partial charge >= 0.3 is 0 Å². The summed E-state index contributed by atoms with van der Waals surface area (Å²) < 4.78 is 0. The normalized spacial score (nSPS) is 15.1. The highest BCUT2D eigenvalue weighted by atomic mass is 35.5. The van der Waals surface area contributed by atoms with Crippen molar-refractivity contribution < 1.29 is 4.79 Å². The fourth-order valence-corrected chi connectivity index (χ4v) is 2.92. The summed E-state index contributed by atoms with van der Waals surface area (Å²) in [5, 5.41) is 4.06.